The lowest BCUT2D eigenvalue weighted by Gasteiger charge is -2.25. The number of anilines is 2. The number of amides is 1. The number of primary amides is 1. The molecule has 0 radical (unpaired) electrons. The molecule has 2 aromatic carbocycles. The van der Waals surface area contributed by atoms with Crippen LogP contribution in [0, 0.1) is 0 Å². The lowest BCUT2D eigenvalue weighted by Crippen LogP contribution is -2.24. The van der Waals surface area contributed by atoms with E-state index in [0.717, 1.165) is 36.4 Å². The van der Waals surface area contributed by atoms with Gasteiger partial charge in [-0.25, -0.2) is 0 Å². The van der Waals surface area contributed by atoms with E-state index in [1.54, 1.807) is 12.1 Å². The maximum Gasteiger partial charge on any atom is 0.248 e. The highest BCUT2D eigenvalue weighted by Gasteiger charge is 2.09. The van der Waals surface area contributed by atoms with Gasteiger partial charge in [0, 0.05) is 30.0 Å². The number of hydrogen-bond acceptors (Lipinski definition) is 3. The fourth-order valence-corrected chi connectivity index (χ4v) is 2.29. The predicted molar refractivity (Wildman–Crippen MR) is 87.2 cm³/mol. The molecule has 4 heteroatoms. The van der Waals surface area contributed by atoms with Gasteiger partial charge in [0.25, 0.3) is 0 Å². The monoisotopic (exact) mass is 283 g/mol. The Morgan fingerprint density at radius 1 is 1.10 bits per heavy atom. The number of nitrogen functional groups attached to an aromatic ring is 1. The van der Waals surface area contributed by atoms with Crippen LogP contribution in [0.5, 0.6) is 0 Å². The third kappa shape index (κ3) is 3.75. The normalized spacial score (nSPS) is 10.3. The predicted octanol–water partition coefficient (Wildman–Crippen LogP) is 2.78. The first-order chi connectivity index (χ1) is 10.1. The minimum Gasteiger partial charge on any atom is -0.398 e. The van der Waals surface area contributed by atoms with E-state index in [4.69, 9.17) is 11.5 Å². The number of hydrogen-bond donors (Lipinski definition) is 2. The van der Waals surface area contributed by atoms with Gasteiger partial charge in [-0.2, -0.15) is 0 Å². The third-order valence-corrected chi connectivity index (χ3v) is 3.43. The third-order valence-electron chi connectivity index (χ3n) is 3.43. The molecular weight excluding hydrogens is 262 g/mol. The summed E-state index contributed by atoms with van der Waals surface area (Å²) >= 11 is 0. The molecule has 0 unspecified atom stereocenters. The van der Waals surface area contributed by atoms with Gasteiger partial charge in [-0.05, 0) is 42.3 Å². The molecule has 0 aliphatic heterocycles. The summed E-state index contributed by atoms with van der Waals surface area (Å²) in [5.74, 6) is -0.407. The molecule has 1 amide bonds. The summed E-state index contributed by atoms with van der Waals surface area (Å²) in [6, 6.07) is 15.2. The van der Waals surface area contributed by atoms with Crippen LogP contribution >= 0.6 is 0 Å². The second-order valence-corrected chi connectivity index (χ2v) is 5.03. The van der Waals surface area contributed by atoms with E-state index >= 15 is 0 Å². The van der Waals surface area contributed by atoms with Gasteiger partial charge in [-0.3, -0.25) is 4.79 Å². The number of carbonyl (C=O) groups excluding carboxylic acids is 1. The Morgan fingerprint density at radius 3 is 2.33 bits per heavy atom. The molecule has 0 atom stereocenters. The Morgan fingerprint density at radius 2 is 1.76 bits per heavy atom. The lowest BCUT2D eigenvalue weighted by molar-refractivity contribution is 0.100. The smallest absolute Gasteiger partial charge is 0.248 e. The molecule has 0 spiro atoms. The minimum atomic E-state index is -0.407. The molecular formula is C17H21N3O. The lowest BCUT2D eigenvalue weighted by atomic mass is 10.1. The summed E-state index contributed by atoms with van der Waals surface area (Å²) in [6.07, 6.45) is 1.03. The molecule has 0 saturated carbocycles. The molecule has 0 heterocycles. The molecule has 2 aromatic rings. The minimum absolute atomic E-state index is 0.407. The van der Waals surface area contributed by atoms with Crippen molar-refractivity contribution in [2.24, 2.45) is 5.73 Å². The Balaban J connectivity index is 2.22. The highest BCUT2D eigenvalue weighted by Crippen LogP contribution is 2.21. The Hall–Kier alpha value is -2.49. The molecule has 0 bridgehead atoms. The molecule has 4 nitrogen and oxygen atoms in total. The van der Waals surface area contributed by atoms with E-state index in [9.17, 15) is 4.79 Å². The van der Waals surface area contributed by atoms with Gasteiger partial charge in [-0.1, -0.05) is 25.1 Å². The number of carbonyl (C=O) groups is 1. The standard InChI is InChI=1S/C17H21N3O/c1-2-11-20(12-14-5-3-4-6-16(14)18)15-9-7-13(8-10-15)17(19)21/h3-10H,2,11-12,18H2,1H3,(H2,19,21). The summed E-state index contributed by atoms with van der Waals surface area (Å²) < 4.78 is 0. The van der Waals surface area contributed by atoms with E-state index in [-0.39, 0.29) is 0 Å². The van der Waals surface area contributed by atoms with Gasteiger partial charge in [0.05, 0.1) is 0 Å². The zero-order valence-electron chi connectivity index (χ0n) is 12.3. The van der Waals surface area contributed by atoms with Crippen LogP contribution in [0.25, 0.3) is 0 Å². The van der Waals surface area contributed by atoms with Crippen LogP contribution < -0.4 is 16.4 Å². The fraction of sp³-hybridized carbons (Fsp3) is 0.235. The highest BCUT2D eigenvalue weighted by molar-refractivity contribution is 5.93. The largest absolute Gasteiger partial charge is 0.398 e. The SMILES string of the molecule is CCCN(Cc1ccccc1N)c1ccc(C(N)=O)cc1. The number of nitrogens with two attached hydrogens (primary N) is 2. The molecule has 0 saturated heterocycles. The van der Waals surface area contributed by atoms with Crippen molar-refractivity contribution in [3.05, 3.63) is 59.7 Å². The first-order valence-corrected chi connectivity index (χ1v) is 7.10. The Labute approximate surface area is 125 Å². The van der Waals surface area contributed by atoms with Crippen molar-refractivity contribution in [3.8, 4) is 0 Å². The van der Waals surface area contributed by atoms with Crippen molar-refractivity contribution >= 4 is 17.3 Å². The van der Waals surface area contributed by atoms with Gasteiger partial charge in [0.1, 0.15) is 0 Å². The van der Waals surface area contributed by atoms with Crippen molar-refractivity contribution in [3.63, 3.8) is 0 Å². The molecule has 0 fully saturated rings. The quantitative estimate of drug-likeness (QED) is 0.801. The van der Waals surface area contributed by atoms with Crippen LogP contribution in [0.2, 0.25) is 0 Å². The van der Waals surface area contributed by atoms with Gasteiger partial charge in [0.15, 0.2) is 0 Å². The Kier molecular flexibility index (Phi) is 4.82. The van der Waals surface area contributed by atoms with Crippen LogP contribution in [-0.4, -0.2) is 12.5 Å². The van der Waals surface area contributed by atoms with Crippen LogP contribution in [0.15, 0.2) is 48.5 Å². The van der Waals surface area contributed by atoms with Crippen LogP contribution in [0.4, 0.5) is 11.4 Å². The molecule has 110 valence electrons. The second-order valence-electron chi connectivity index (χ2n) is 5.03. The molecule has 2 rings (SSSR count). The number of benzene rings is 2. The van der Waals surface area contributed by atoms with Crippen LogP contribution in [0.3, 0.4) is 0 Å². The van der Waals surface area contributed by atoms with Gasteiger partial charge in [0.2, 0.25) is 5.91 Å². The second kappa shape index (κ2) is 6.79. The number of para-hydroxylation sites is 1. The average Bonchev–Trinajstić information content (AvgIpc) is 2.49. The van der Waals surface area contributed by atoms with Crippen molar-refractivity contribution < 1.29 is 4.79 Å². The van der Waals surface area contributed by atoms with Crippen molar-refractivity contribution in [2.75, 3.05) is 17.2 Å². The van der Waals surface area contributed by atoms with Gasteiger partial charge < -0.3 is 16.4 Å². The maximum atomic E-state index is 11.1. The zero-order valence-corrected chi connectivity index (χ0v) is 12.3. The van der Waals surface area contributed by atoms with Crippen LogP contribution in [0.1, 0.15) is 29.3 Å². The van der Waals surface area contributed by atoms with Crippen LogP contribution in [-0.2, 0) is 6.54 Å². The average molecular weight is 283 g/mol. The van der Waals surface area contributed by atoms with Crippen molar-refractivity contribution in [1.29, 1.82) is 0 Å². The molecule has 4 N–H and O–H groups in total. The highest BCUT2D eigenvalue weighted by atomic mass is 16.1. The summed E-state index contributed by atoms with van der Waals surface area (Å²) in [5, 5.41) is 0. The number of nitrogens with zero attached hydrogens (tertiary/aromatic N) is 1. The van der Waals surface area contributed by atoms with Crippen molar-refractivity contribution in [1.82, 2.24) is 0 Å². The zero-order chi connectivity index (χ0) is 15.2. The first-order valence-electron chi connectivity index (χ1n) is 7.10. The van der Waals surface area contributed by atoms with E-state index in [2.05, 4.69) is 11.8 Å². The molecule has 0 aliphatic rings. The summed E-state index contributed by atoms with van der Waals surface area (Å²) in [6.45, 7) is 3.81. The number of rotatable bonds is 6. The fourth-order valence-electron chi connectivity index (χ4n) is 2.29. The van der Waals surface area contributed by atoms with E-state index in [1.165, 1.54) is 0 Å². The van der Waals surface area contributed by atoms with E-state index in [1.807, 2.05) is 36.4 Å². The molecule has 0 aliphatic carbocycles. The Bertz CT molecular complexity index is 608. The topological polar surface area (TPSA) is 72.3 Å². The summed E-state index contributed by atoms with van der Waals surface area (Å²) in [7, 11) is 0. The van der Waals surface area contributed by atoms with Crippen molar-refractivity contribution in [2.45, 2.75) is 19.9 Å². The van der Waals surface area contributed by atoms with E-state index < -0.39 is 5.91 Å². The summed E-state index contributed by atoms with van der Waals surface area (Å²) in [5.41, 5.74) is 14.8. The van der Waals surface area contributed by atoms with Gasteiger partial charge in [-0.15, -0.1) is 0 Å². The maximum absolute atomic E-state index is 11.1. The van der Waals surface area contributed by atoms with E-state index in [0.29, 0.717) is 5.56 Å². The summed E-state index contributed by atoms with van der Waals surface area (Å²) in [4.78, 5) is 13.4. The molecule has 0 aromatic heterocycles. The molecule has 21 heavy (non-hydrogen) atoms. The first kappa shape index (κ1) is 14.9. The van der Waals surface area contributed by atoms with Gasteiger partial charge >= 0.3 is 0 Å².